The maximum absolute atomic E-state index is 10.7. The zero-order valence-electron chi connectivity index (χ0n) is 8.88. The van der Waals surface area contributed by atoms with Crippen molar-refractivity contribution in [2.75, 3.05) is 0 Å². The SMILES string of the molecule is O=CCC(c1ccc(Cl)c(Cl)c1)n1ccnc1. The highest BCUT2D eigenvalue weighted by molar-refractivity contribution is 6.42. The molecule has 5 heteroatoms. The summed E-state index contributed by atoms with van der Waals surface area (Å²) in [5.41, 5.74) is 0.935. The Labute approximate surface area is 109 Å². The van der Waals surface area contributed by atoms with Gasteiger partial charge >= 0.3 is 0 Å². The second-order valence-electron chi connectivity index (χ2n) is 3.60. The van der Waals surface area contributed by atoms with Crippen LogP contribution in [0.2, 0.25) is 10.0 Å². The van der Waals surface area contributed by atoms with Crippen LogP contribution < -0.4 is 0 Å². The van der Waals surface area contributed by atoms with Crippen LogP contribution in [0.4, 0.5) is 0 Å². The van der Waals surface area contributed by atoms with Crippen molar-refractivity contribution in [2.45, 2.75) is 12.5 Å². The van der Waals surface area contributed by atoms with Crippen LogP contribution in [-0.4, -0.2) is 15.8 Å². The van der Waals surface area contributed by atoms with Crippen LogP contribution in [-0.2, 0) is 4.79 Å². The monoisotopic (exact) mass is 268 g/mol. The molecule has 0 aliphatic rings. The molecule has 1 aromatic heterocycles. The molecule has 2 aromatic rings. The van der Waals surface area contributed by atoms with Crippen molar-refractivity contribution in [3.05, 3.63) is 52.5 Å². The number of carbonyl (C=O) groups is 1. The van der Waals surface area contributed by atoms with E-state index in [4.69, 9.17) is 23.2 Å². The highest BCUT2D eigenvalue weighted by atomic mass is 35.5. The molecule has 0 saturated heterocycles. The zero-order valence-corrected chi connectivity index (χ0v) is 10.4. The van der Waals surface area contributed by atoms with Crippen LogP contribution >= 0.6 is 23.2 Å². The maximum Gasteiger partial charge on any atom is 0.122 e. The van der Waals surface area contributed by atoms with Crippen LogP contribution in [0, 0.1) is 0 Å². The molecule has 1 atom stereocenters. The van der Waals surface area contributed by atoms with Gasteiger partial charge in [-0.15, -0.1) is 0 Å². The highest BCUT2D eigenvalue weighted by Gasteiger charge is 2.13. The summed E-state index contributed by atoms with van der Waals surface area (Å²) in [5, 5.41) is 0.992. The van der Waals surface area contributed by atoms with Gasteiger partial charge in [-0.05, 0) is 17.7 Å². The summed E-state index contributed by atoms with van der Waals surface area (Å²) in [6.45, 7) is 0. The van der Waals surface area contributed by atoms with E-state index in [1.54, 1.807) is 24.7 Å². The summed E-state index contributed by atoms with van der Waals surface area (Å²) in [7, 11) is 0. The Kier molecular flexibility index (Phi) is 3.82. The summed E-state index contributed by atoms with van der Waals surface area (Å²) >= 11 is 11.8. The average Bonchev–Trinajstić information content (AvgIpc) is 2.83. The van der Waals surface area contributed by atoms with E-state index < -0.39 is 0 Å². The maximum atomic E-state index is 10.7. The third-order valence-electron chi connectivity index (χ3n) is 2.53. The fourth-order valence-electron chi connectivity index (χ4n) is 1.69. The first-order valence-corrected chi connectivity index (χ1v) is 5.84. The quantitative estimate of drug-likeness (QED) is 0.797. The summed E-state index contributed by atoms with van der Waals surface area (Å²) in [5.74, 6) is 0. The first kappa shape index (κ1) is 12.1. The molecule has 1 unspecified atom stereocenters. The second-order valence-corrected chi connectivity index (χ2v) is 4.42. The Balaban J connectivity index is 2.39. The zero-order chi connectivity index (χ0) is 12.3. The molecule has 0 aliphatic heterocycles. The lowest BCUT2D eigenvalue weighted by Gasteiger charge is -2.16. The van der Waals surface area contributed by atoms with Crippen molar-refractivity contribution in [1.29, 1.82) is 0 Å². The van der Waals surface area contributed by atoms with E-state index in [9.17, 15) is 4.79 Å². The molecule has 0 radical (unpaired) electrons. The first-order chi connectivity index (χ1) is 8.22. The van der Waals surface area contributed by atoms with Crippen molar-refractivity contribution in [1.82, 2.24) is 9.55 Å². The first-order valence-electron chi connectivity index (χ1n) is 5.08. The minimum absolute atomic E-state index is 0.0928. The summed E-state index contributed by atoms with van der Waals surface area (Å²) < 4.78 is 1.87. The van der Waals surface area contributed by atoms with E-state index in [0.717, 1.165) is 11.8 Å². The Morgan fingerprint density at radius 3 is 2.76 bits per heavy atom. The Morgan fingerprint density at radius 2 is 2.18 bits per heavy atom. The number of nitrogens with zero attached hydrogens (tertiary/aromatic N) is 2. The largest absolute Gasteiger partial charge is 0.330 e. The van der Waals surface area contributed by atoms with Crippen LogP contribution in [0.1, 0.15) is 18.0 Å². The summed E-state index contributed by atoms with van der Waals surface area (Å²) in [6, 6.07) is 5.28. The van der Waals surface area contributed by atoms with Gasteiger partial charge in [-0.1, -0.05) is 29.3 Å². The van der Waals surface area contributed by atoms with E-state index >= 15 is 0 Å². The van der Waals surface area contributed by atoms with Crippen molar-refractivity contribution in [3.8, 4) is 0 Å². The molecular formula is C12H10Cl2N2O. The van der Waals surface area contributed by atoms with Gasteiger partial charge in [-0.25, -0.2) is 4.98 Å². The molecule has 0 N–H and O–H groups in total. The number of benzene rings is 1. The van der Waals surface area contributed by atoms with Gasteiger partial charge in [0.2, 0.25) is 0 Å². The number of carbonyl (C=O) groups excluding carboxylic acids is 1. The minimum atomic E-state index is -0.0928. The van der Waals surface area contributed by atoms with Crippen LogP contribution in [0.15, 0.2) is 36.9 Å². The standard InChI is InChI=1S/C12H10Cl2N2O/c13-10-2-1-9(7-11(10)14)12(3-6-17)16-5-4-15-8-16/h1-2,4-8,12H,3H2. The Bertz CT molecular complexity index is 511. The second kappa shape index (κ2) is 5.34. The molecule has 88 valence electrons. The fraction of sp³-hybridized carbons (Fsp3) is 0.167. The number of halogens is 2. The van der Waals surface area contributed by atoms with E-state index in [1.165, 1.54) is 0 Å². The number of rotatable bonds is 4. The average molecular weight is 269 g/mol. The molecule has 17 heavy (non-hydrogen) atoms. The van der Waals surface area contributed by atoms with Gasteiger partial charge in [0.05, 0.1) is 22.4 Å². The summed E-state index contributed by atoms with van der Waals surface area (Å²) in [4.78, 5) is 14.7. The molecule has 1 aromatic carbocycles. The third kappa shape index (κ3) is 2.68. The van der Waals surface area contributed by atoms with E-state index in [2.05, 4.69) is 4.98 Å². The molecule has 0 bridgehead atoms. The van der Waals surface area contributed by atoms with Gasteiger partial charge in [0.1, 0.15) is 6.29 Å². The number of hydrogen-bond donors (Lipinski definition) is 0. The normalized spacial score (nSPS) is 12.4. The topological polar surface area (TPSA) is 34.9 Å². The molecular weight excluding hydrogens is 259 g/mol. The van der Waals surface area contributed by atoms with Gasteiger partial charge in [-0.3, -0.25) is 0 Å². The third-order valence-corrected chi connectivity index (χ3v) is 3.27. The van der Waals surface area contributed by atoms with Gasteiger partial charge < -0.3 is 9.36 Å². The van der Waals surface area contributed by atoms with Gasteiger partial charge in [0.25, 0.3) is 0 Å². The lowest BCUT2D eigenvalue weighted by Crippen LogP contribution is -2.09. The van der Waals surface area contributed by atoms with E-state index in [0.29, 0.717) is 16.5 Å². The van der Waals surface area contributed by atoms with E-state index in [1.807, 2.05) is 16.8 Å². The van der Waals surface area contributed by atoms with Crippen LogP contribution in [0.5, 0.6) is 0 Å². The van der Waals surface area contributed by atoms with Crippen molar-refractivity contribution < 1.29 is 4.79 Å². The number of aldehydes is 1. The number of hydrogen-bond acceptors (Lipinski definition) is 2. The van der Waals surface area contributed by atoms with Crippen LogP contribution in [0.25, 0.3) is 0 Å². The lowest BCUT2D eigenvalue weighted by molar-refractivity contribution is -0.108. The van der Waals surface area contributed by atoms with Crippen molar-refractivity contribution in [3.63, 3.8) is 0 Å². The highest BCUT2D eigenvalue weighted by Crippen LogP contribution is 2.28. The molecule has 0 spiro atoms. The fourth-order valence-corrected chi connectivity index (χ4v) is 2.00. The van der Waals surface area contributed by atoms with Gasteiger partial charge in [-0.2, -0.15) is 0 Å². The Morgan fingerprint density at radius 1 is 1.35 bits per heavy atom. The molecule has 3 nitrogen and oxygen atoms in total. The summed E-state index contributed by atoms with van der Waals surface area (Å²) in [6.07, 6.45) is 6.42. The lowest BCUT2D eigenvalue weighted by atomic mass is 10.0. The smallest absolute Gasteiger partial charge is 0.122 e. The van der Waals surface area contributed by atoms with E-state index in [-0.39, 0.29) is 6.04 Å². The molecule has 0 saturated carbocycles. The molecule has 0 fully saturated rings. The number of imidazole rings is 1. The van der Waals surface area contributed by atoms with Crippen molar-refractivity contribution >= 4 is 29.5 Å². The van der Waals surface area contributed by atoms with Gasteiger partial charge in [0.15, 0.2) is 0 Å². The molecule has 2 rings (SSSR count). The predicted molar refractivity (Wildman–Crippen MR) is 67.5 cm³/mol. The Hall–Kier alpha value is -1.32. The number of aromatic nitrogens is 2. The molecule has 0 aliphatic carbocycles. The molecule has 0 amide bonds. The van der Waals surface area contributed by atoms with Crippen molar-refractivity contribution in [2.24, 2.45) is 0 Å². The predicted octanol–water partition coefficient (Wildman–Crippen LogP) is 3.37. The van der Waals surface area contributed by atoms with Crippen LogP contribution in [0.3, 0.4) is 0 Å². The molecule has 1 heterocycles. The minimum Gasteiger partial charge on any atom is -0.330 e. The van der Waals surface area contributed by atoms with Gasteiger partial charge in [0, 0.05) is 18.8 Å².